The van der Waals surface area contributed by atoms with Crippen molar-refractivity contribution in [1.82, 2.24) is 0 Å². The molecule has 4 fully saturated rings. The highest BCUT2D eigenvalue weighted by Gasteiger charge is 2.32. The minimum atomic E-state index is 0.810. The molecule has 0 aromatic heterocycles. The maximum Gasteiger partial charge on any atom is -0.0162 e. The summed E-state index contributed by atoms with van der Waals surface area (Å²) in [6.07, 6.45) is 29.9. The van der Waals surface area contributed by atoms with Gasteiger partial charge in [0, 0.05) is 0 Å². The molecule has 4 aliphatic rings. The highest BCUT2D eigenvalue weighted by molar-refractivity contribution is 5.26. The van der Waals surface area contributed by atoms with Crippen LogP contribution in [-0.4, -0.2) is 0 Å². The van der Waals surface area contributed by atoms with Crippen molar-refractivity contribution in [1.29, 1.82) is 0 Å². The first kappa shape index (κ1) is 32.3. The SMILES string of the molecule is C/C=C/C1CCC(C2CCC(c3ccc(C)cc3)CC2)CC1.C=CC1CCC(C2CCC(c3ccc(C)cc3)CC2)CC1. The van der Waals surface area contributed by atoms with Crippen LogP contribution in [-0.2, 0) is 0 Å². The van der Waals surface area contributed by atoms with E-state index in [1.807, 2.05) is 0 Å². The Hall–Kier alpha value is -2.08. The van der Waals surface area contributed by atoms with Crippen molar-refractivity contribution in [2.45, 2.75) is 135 Å². The van der Waals surface area contributed by atoms with Crippen LogP contribution in [0.3, 0.4) is 0 Å². The molecular formula is C43H62. The predicted molar refractivity (Wildman–Crippen MR) is 188 cm³/mol. The maximum atomic E-state index is 3.97. The van der Waals surface area contributed by atoms with E-state index in [2.05, 4.69) is 94.1 Å². The van der Waals surface area contributed by atoms with Crippen LogP contribution in [0.15, 0.2) is 73.3 Å². The summed E-state index contributed by atoms with van der Waals surface area (Å²) < 4.78 is 0. The Kier molecular flexibility index (Phi) is 12.2. The molecule has 0 saturated heterocycles. The smallest absolute Gasteiger partial charge is 0.0162 e. The molecular weight excluding hydrogens is 516 g/mol. The van der Waals surface area contributed by atoms with E-state index in [-0.39, 0.29) is 0 Å². The van der Waals surface area contributed by atoms with Crippen molar-refractivity contribution in [3.63, 3.8) is 0 Å². The van der Waals surface area contributed by atoms with Crippen LogP contribution < -0.4 is 0 Å². The third kappa shape index (κ3) is 9.22. The summed E-state index contributed by atoms with van der Waals surface area (Å²) in [6.45, 7) is 10.5. The van der Waals surface area contributed by atoms with Crippen LogP contribution in [0, 0.1) is 49.4 Å². The van der Waals surface area contributed by atoms with Crippen molar-refractivity contribution in [2.24, 2.45) is 35.5 Å². The van der Waals surface area contributed by atoms with E-state index in [0.717, 1.165) is 47.3 Å². The minimum absolute atomic E-state index is 0.810. The van der Waals surface area contributed by atoms with Gasteiger partial charge in [-0.1, -0.05) is 77.9 Å². The Morgan fingerprint density at radius 2 is 0.791 bits per heavy atom. The topological polar surface area (TPSA) is 0 Å². The molecule has 0 bridgehead atoms. The summed E-state index contributed by atoms with van der Waals surface area (Å²) in [6, 6.07) is 18.6. The lowest BCUT2D eigenvalue weighted by Crippen LogP contribution is -2.25. The number of aryl methyl sites for hydroxylation is 2. The zero-order valence-corrected chi connectivity index (χ0v) is 28.0. The molecule has 0 atom stereocenters. The van der Waals surface area contributed by atoms with E-state index in [0.29, 0.717) is 0 Å². The molecule has 0 amide bonds. The lowest BCUT2D eigenvalue weighted by atomic mass is 9.68. The number of rotatable bonds is 6. The van der Waals surface area contributed by atoms with Crippen LogP contribution in [0.1, 0.15) is 144 Å². The molecule has 6 rings (SSSR count). The standard InChI is InChI=1S/C22H32.C21H30/c1-3-4-18-7-11-20(12-8-18)22-15-13-21(14-16-22)19-9-5-17(2)6-10-19;1-3-17-6-10-19(11-7-17)21-14-12-20(13-15-21)18-8-4-16(2)5-9-18/h3-6,9-10,18,20-22H,7-8,11-16H2,1-2H3;3-5,8-9,17,19-21H,1,6-7,10-15H2,2H3/b4-3+;. The van der Waals surface area contributed by atoms with Crippen molar-refractivity contribution in [3.05, 3.63) is 95.6 Å². The van der Waals surface area contributed by atoms with E-state index >= 15 is 0 Å². The summed E-state index contributed by atoms with van der Waals surface area (Å²) in [4.78, 5) is 0. The van der Waals surface area contributed by atoms with Gasteiger partial charge in [0.25, 0.3) is 0 Å². The highest BCUT2D eigenvalue weighted by atomic mass is 14.4. The third-order valence-electron chi connectivity index (χ3n) is 12.4. The summed E-state index contributed by atoms with van der Waals surface area (Å²) in [5.74, 6) is 7.42. The molecule has 0 unspecified atom stereocenters. The summed E-state index contributed by atoms with van der Waals surface area (Å²) in [7, 11) is 0. The first-order valence-corrected chi connectivity index (χ1v) is 18.4. The second-order valence-corrected chi connectivity index (χ2v) is 15.2. The molecule has 0 aliphatic heterocycles. The van der Waals surface area contributed by atoms with Gasteiger partial charge >= 0.3 is 0 Å². The van der Waals surface area contributed by atoms with Crippen LogP contribution in [0.5, 0.6) is 0 Å². The second kappa shape index (κ2) is 16.3. The van der Waals surface area contributed by atoms with Gasteiger partial charge in [0.2, 0.25) is 0 Å². The molecule has 43 heavy (non-hydrogen) atoms. The Labute approximate surface area is 265 Å². The van der Waals surface area contributed by atoms with E-state index in [1.165, 1.54) is 114 Å². The van der Waals surface area contributed by atoms with Crippen molar-refractivity contribution in [2.75, 3.05) is 0 Å². The first-order valence-electron chi connectivity index (χ1n) is 18.4. The van der Waals surface area contributed by atoms with Crippen molar-refractivity contribution < 1.29 is 0 Å². The molecule has 2 aromatic carbocycles. The van der Waals surface area contributed by atoms with Crippen molar-refractivity contribution >= 4 is 0 Å². The van der Waals surface area contributed by atoms with Gasteiger partial charge in [-0.05, 0) is 182 Å². The molecule has 0 nitrogen and oxygen atoms in total. The van der Waals surface area contributed by atoms with Gasteiger partial charge in [-0.15, -0.1) is 6.58 Å². The lowest BCUT2D eigenvalue weighted by Gasteiger charge is -2.37. The fourth-order valence-electron chi connectivity index (χ4n) is 9.46. The van der Waals surface area contributed by atoms with Gasteiger partial charge in [-0.2, -0.15) is 0 Å². The Bertz CT molecular complexity index is 1090. The number of benzene rings is 2. The predicted octanol–water partition coefficient (Wildman–Crippen LogP) is 12.9. The van der Waals surface area contributed by atoms with Gasteiger partial charge in [0.15, 0.2) is 0 Å². The largest absolute Gasteiger partial charge is 0.103 e. The van der Waals surface area contributed by atoms with Gasteiger partial charge < -0.3 is 0 Å². The molecule has 4 saturated carbocycles. The van der Waals surface area contributed by atoms with Gasteiger partial charge in [0.05, 0.1) is 0 Å². The lowest BCUT2D eigenvalue weighted by molar-refractivity contribution is 0.171. The Morgan fingerprint density at radius 1 is 0.465 bits per heavy atom. The zero-order valence-electron chi connectivity index (χ0n) is 28.0. The average Bonchev–Trinajstić information content (AvgIpc) is 3.07. The Balaban J connectivity index is 0.000000171. The van der Waals surface area contributed by atoms with Gasteiger partial charge in [-0.25, -0.2) is 0 Å². The van der Waals surface area contributed by atoms with Crippen LogP contribution >= 0.6 is 0 Å². The molecule has 234 valence electrons. The van der Waals surface area contributed by atoms with E-state index in [1.54, 1.807) is 11.1 Å². The fraction of sp³-hybridized carbons (Fsp3) is 0.628. The zero-order chi connectivity index (χ0) is 30.0. The molecule has 2 aromatic rings. The second-order valence-electron chi connectivity index (χ2n) is 15.2. The van der Waals surface area contributed by atoms with Crippen molar-refractivity contribution in [3.8, 4) is 0 Å². The van der Waals surface area contributed by atoms with Crippen LogP contribution in [0.4, 0.5) is 0 Å². The van der Waals surface area contributed by atoms with Crippen LogP contribution in [0.2, 0.25) is 0 Å². The third-order valence-corrected chi connectivity index (χ3v) is 12.4. The molecule has 0 heteroatoms. The molecule has 0 radical (unpaired) electrons. The summed E-state index contributed by atoms with van der Waals surface area (Å²) in [5.41, 5.74) is 5.93. The van der Waals surface area contributed by atoms with E-state index in [9.17, 15) is 0 Å². The molecule has 0 N–H and O–H groups in total. The average molecular weight is 579 g/mol. The highest BCUT2D eigenvalue weighted by Crippen LogP contribution is 2.45. The maximum absolute atomic E-state index is 3.97. The Morgan fingerprint density at radius 3 is 1.12 bits per heavy atom. The van der Waals surface area contributed by atoms with Gasteiger partial charge in [-0.3, -0.25) is 0 Å². The quantitative estimate of drug-likeness (QED) is 0.299. The number of allylic oxidation sites excluding steroid dienone is 3. The van der Waals surface area contributed by atoms with Crippen LogP contribution in [0.25, 0.3) is 0 Å². The number of hydrogen-bond donors (Lipinski definition) is 0. The number of hydrogen-bond acceptors (Lipinski definition) is 0. The normalized spacial score (nSPS) is 33.4. The first-order chi connectivity index (χ1) is 21.0. The summed E-state index contributed by atoms with van der Waals surface area (Å²) in [5, 5.41) is 0. The molecule has 0 spiro atoms. The summed E-state index contributed by atoms with van der Waals surface area (Å²) >= 11 is 0. The molecule has 4 aliphatic carbocycles. The van der Waals surface area contributed by atoms with E-state index in [4.69, 9.17) is 0 Å². The van der Waals surface area contributed by atoms with E-state index < -0.39 is 0 Å². The monoisotopic (exact) mass is 578 g/mol. The molecule has 0 heterocycles. The minimum Gasteiger partial charge on any atom is -0.103 e. The fourth-order valence-corrected chi connectivity index (χ4v) is 9.46. The van der Waals surface area contributed by atoms with Gasteiger partial charge in [0.1, 0.15) is 0 Å².